The topological polar surface area (TPSA) is 0 Å². The van der Waals surface area contributed by atoms with E-state index in [0.717, 1.165) is 5.92 Å². The van der Waals surface area contributed by atoms with Gasteiger partial charge in [0.15, 0.2) is 0 Å². The van der Waals surface area contributed by atoms with Gasteiger partial charge in [-0.15, -0.1) is 0 Å². The molecule has 0 saturated heterocycles. The van der Waals surface area contributed by atoms with Gasteiger partial charge in [0.1, 0.15) is 0 Å². The average Bonchev–Trinajstić information content (AvgIpc) is 2.68. The van der Waals surface area contributed by atoms with Crippen molar-refractivity contribution in [2.75, 3.05) is 0 Å². The van der Waals surface area contributed by atoms with Gasteiger partial charge in [-0.1, -0.05) is 135 Å². The Morgan fingerprint density at radius 2 is 1.00 bits per heavy atom. The smallest absolute Gasteiger partial charge is 0.0348 e. The SMILES string of the molecule is CCCCCCCCCCCCCCCCC=CCCC1CCCCC1. The molecule has 0 atom stereocenters. The summed E-state index contributed by atoms with van der Waals surface area (Å²) in [5.74, 6) is 1.05. The lowest BCUT2D eigenvalue weighted by Gasteiger charge is -2.20. The fraction of sp³-hybridized carbons (Fsp3) is 0.923. The molecule has 0 nitrogen and oxygen atoms in total. The van der Waals surface area contributed by atoms with Gasteiger partial charge in [-0.05, 0) is 31.6 Å². The van der Waals surface area contributed by atoms with Crippen molar-refractivity contribution in [1.29, 1.82) is 0 Å². The molecule has 1 fully saturated rings. The van der Waals surface area contributed by atoms with Crippen molar-refractivity contribution in [2.45, 2.75) is 148 Å². The molecule has 0 aromatic rings. The van der Waals surface area contributed by atoms with Gasteiger partial charge in [-0.2, -0.15) is 0 Å². The molecule has 26 heavy (non-hydrogen) atoms. The van der Waals surface area contributed by atoms with E-state index in [2.05, 4.69) is 19.1 Å². The predicted octanol–water partition coefficient (Wildman–Crippen LogP) is 9.77. The zero-order valence-electron chi connectivity index (χ0n) is 18.3. The predicted molar refractivity (Wildman–Crippen MR) is 120 cm³/mol. The van der Waals surface area contributed by atoms with Crippen molar-refractivity contribution in [2.24, 2.45) is 5.92 Å². The van der Waals surface area contributed by atoms with Gasteiger partial charge >= 0.3 is 0 Å². The normalized spacial score (nSPS) is 15.9. The Kier molecular flexibility index (Phi) is 17.8. The highest BCUT2D eigenvalue weighted by Gasteiger charge is 2.11. The van der Waals surface area contributed by atoms with Crippen LogP contribution in [0.15, 0.2) is 12.2 Å². The van der Waals surface area contributed by atoms with Gasteiger partial charge < -0.3 is 0 Å². The summed E-state index contributed by atoms with van der Waals surface area (Å²) in [6.07, 6.45) is 37.0. The van der Waals surface area contributed by atoms with Gasteiger partial charge in [0.05, 0.1) is 0 Å². The third kappa shape index (κ3) is 16.0. The van der Waals surface area contributed by atoms with Gasteiger partial charge in [0, 0.05) is 0 Å². The zero-order valence-corrected chi connectivity index (χ0v) is 18.3. The first-order chi connectivity index (χ1) is 12.9. The summed E-state index contributed by atoms with van der Waals surface area (Å²) >= 11 is 0. The van der Waals surface area contributed by atoms with Crippen LogP contribution in [0.1, 0.15) is 148 Å². The lowest BCUT2D eigenvalue weighted by Crippen LogP contribution is -2.05. The third-order valence-corrected chi connectivity index (χ3v) is 6.36. The van der Waals surface area contributed by atoms with Crippen molar-refractivity contribution < 1.29 is 0 Å². The van der Waals surface area contributed by atoms with Crippen LogP contribution in [0.3, 0.4) is 0 Å². The van der Waals surface area contributed by atoms with Crippen LogP contribution in [0, 0.1) is 5.92 Å². The summed E-state index contributed by atoms with van der Waals surface area (Å²) in [5.41, 5.74) is 0. The Balaban J connectivity index is 1.69. The maximum absolute atomic E-state index is 2.47. The molecule has 0 radical (unpaired) electrons. The van der Waals surface area contributed by atoms with E-state index in [1.54, 1.807) is 0 Å². The van der Waals surface area contributed by atoms with E-state index in [1.807, 2.05) is 0 Å². The summed E-state index contributed by atoms with van der Waals surface area (Å²) in [7, 11) is 0. The van der Waals surface area contributed by atoms with Crippen LogP contribution >= 0.6 is 0 Å². The van der Waals surface area contributed by atoms with Gasteiger partial charge in [-0.3, -0.25) is 0 Å². The molecule has 1 saturated carbocycles. The minimum absolute atomic E-state index is 1.05. The van der Waals surface area contributed by atoms with E-state index >= 15 is 0 Å². The van der Waals surface area contributed by atoms with Crippen LogP contribution in [-0.2, 0) is 0 Å². The molecule has 1 rings (SSSR count). The number of allylic oxidation sites excluding steroid dienone is 2. The first-order valence-corrected chi connectivity index (χ1v) is 12.6. The quantitative estimate of drug-likeness (QED) is 0.168. The van der Waals surface area contributed by atoms with Crippen LogP contribution in [-0.4, -0.2) is 0 Å². The molecule has 1 aliphatic carbocycles. The van der Waals surface area contributed by atoms with Crippen molar-refractivity contribution in [1.82, 2.24) is 0 Å². The van der Waals surface area contributed by atoms with E-state index < -0.39 is 0 Å². The minimum Gasteiger partial charge on any atom is -0.0885 e. The largest absolute Gasteiger partial charge is 0.0885 e. The number of hydrogen-bond acceptors (Lipinski definition) is 0. The number of hydrogen-bond donors (Lipinski definition) is 0. The molecule has 0 heteroatoms. The Morgan fingerprint density at radius 3 is 1.54 bits per heavy atom. The van der Waals surface area contributed by atoms with Crippen LogP contribution in [0.5, 0.6) is 0 Å². The fourth-order valence-electron chi connectivity index (χ4n) is 4.50. The molecule has 0 spiro atoms. The Morgan fingerprint density at radius 1 is 0.538 bits per heavy atom. The first kappa shape index (κ1) is 23.8. The van der Waals surface area contributed by atoms with Crippen molar-refractivity contribution in [3.63, 3.8) is 0 Å². The van der Waals surface area contributed by atoms with Crippen LogP contribution < -0.4 is 0 Å². The average molecular weight is 363 g/mol. The lowest BCUT2D eigenvalue weighted by atomic mass is 9.86. The molecule has 0 amide bonds. The fourth-order valence-corrected chi connectivity index (χ4v) is 4.50. The maximum atomic E-state index is 2.47. The molecule has 0 N–H and O–H groups in total. The summed E-state index contributed by atoms with van der Waals surface area (Å²) in [5, 5.41) is 0. The van der Waals surface area contributed by atoms with Crippen molar-refractivity contribution in [3.05, 3.63) is 12.2 Å². The number of unbranched alkanes of at least 4 members (excludes halogenated alkanes) is 14. The lowest BCUT2D eigenvalue weighted by molar-refractivity contribution is 0.341. The summed E-state index contributed by atoms with van der Waals surface area (Å²) < 4.78 is 0. The molecular weight excluding hydrogens is 312 g/mol. The van der Waals surface area contributed by atoms with Gasteiger partial charge in [0.25, 0.3) is 0 Å². The summed E-state index contributed by atoms with van der Waals surface area (Å²) in [6, 6.07) is 0. The maximum Gasteiger partial charge on any atom is -0.0348 e. The minimum atomic E-state index is 1.05. The molecule has 0 aromatic carbocycles. The third-order valence-electron chi connectivity index (χ3n) is 6.36. The molecular formula is C26H50. The van der Waals surface area contributed by atoms with E-state index in [9.17, 15) is 0 Å². The molecule has 0 heterocycles. The second-order valence-electron chi connectivity index (χ2n) is 8.94. The number of rotatable bonds is 18. The highest BCUT2D eigenvalue weighted by atomic mass is 14.2. The highest BCUT2D eigenvalue weighted by Crippen LogP contribution is 2.27. The van der Waals surface area contributed by atoms with E-state index in [-0.39, 0.29) is 0 Å². The van der Waals surface area contributed by atoms with Crippen LogP contribution in [0.25, 0.3) is 0 Å². The monoisotopic (exact) mass is 362 g/mol. The molecule has 0 aromatic heterocycles. The van der Waals surface area contributed by atoms with E-state index in [4.69, 9.17) is 0 Å². The van der Waals surface area contributed by atoms with E-state index in [1.165, 1.54) is 141 Å². The summed E-state index contributed by atoms with van der Waals surface area (Å²) in [4.78, 5) is 0. The molecule has 1 aliphatic rings. The second kappa shape index (κ2) is 19.5. The Hall–Kier alpha value is -0.260. The van der Waals surface area contributed by atoms with Crippen molar-refractivity contribution >= 4 is 0 Å². The Labute approximate surface area is 166 Å². The molecule has 154 valence electrons. The molecule has 0 aliphatic heterocycles. The first-order valence-electron chi connectivity index (χ1n) is 12.6. The second-order valence-corrected chi connectivity index (χ2v) is 8.94. The zero-order chi connectivity index (χ0) is 18.5. The summed E-state index contributed by atoms with van der Waals surface area (Å²) in [6.45, 7) is 2.30. The van der Waals surface area contributed by atoms with E-state index in [0.29, 0.717) is 0 Å². The Bertz CT molecular complexity index is 284. The standard InChI is InChI=1S/C26H50/c1-2-3-4-5-6-7-8-9-10-11-12-13-14-15-16-17-18-20-23-26-24-21-19-22-25-26/h17-18,26H,2-16,19-25H2,1H3. The van der Waals surface area contributed by atoms with Gasteiger partial charge in [0.2, 0.25) is 0 Å². The highest BCUT2D eigenvalue weighted by molar-refractivity contribution is 4.82. The van der Waals surface area contributed by atoms with Crippen molar-refractivity contribution in [3.8, 4) is 0 Å². The molecule has 0 unspecified atom stereocenters. The van der Waals surface area contributed by atoms with Gasteiger partial charge in [-0.25, -0.2) is 0 Å². The molecule has 0 bridgehead atoms. The van der Waals surface area contributed by atoms with Crippen LogP contribution in [0.4, 0.5) is 0 Å². The van der Waals surface area contributed by atoms with Crippen LogP contribution in [0.2, 0.25) is 0 Å².